The number of hydrogen-bond donors (Lipinski definition) is 2. The zero-order valence-electron chi connectivity index (χ0n) is 7.39. The molecule has 0 aliphatic rings. The Morgan fingerprint density at radius 2 is 2.27 bits per heavy atom. The van der Waals surface area contributed by atoms with Crippen LogP contribution in [0.2, 0.25) is 0 Å². The third kappa shape index (κ3) is 7.16. The molecule has 0 bridgehead atoms. The highest BCUT2D eigenvalue weighted by molar-refractivity contribution is 5.71. The lowest BCUT2D eigenvalue weighted by Gasteiger charge is -2.07. The zero-order chi connectivity index (χ0) is 8.69. The number of urea groups is 1. The molecule has 0 aromatic carbocycles. The molecule has 66 valence electrons. The first-order chi connectivity index (χ1) is 5.16. The monoisotopic (exact) mass is 158 g/mol. The molecule has 3 N–H and O–H groups in total. The summed E-state index contributed by atoms with van der Waals surface area (Å²) in [5, 5.41) is 2.56. The Labute approximate surface area is 68.3 Å². The van der Waals surface area contributed by atoms with Gasteiger partial charge in [0, 0.05) is 6.54 Å². The quantitative estimate of drug-likeness (QED) is 0.585. The summed E-state index contributed by atoms with van der Waals surface area (Å²) in [6, 6.07) is -0.422. The molecule has 0 aliphatic carbocycles. The van der Waals surface area contributed by atoms with Crippen molar-refractivity contribution in [2.24, 2.45) is 11.7 Å². The Morgan fingerprint density at radius 1 is 1.64 bits per heavy atom. The highest BCUT2D eigenvalue weighted by Crippen LogP contribution is 2.07. The van der Waals surface area contributed by atoms with Gasteiger partial charge in [-0.1, -0.05) is 20.3 Å². The van der Waals surface area contributed by atoms with Crippen molar-refractivity contribution < 1.29 is 4.79 Å². The molecule has 11 heavy (non-hydrogen) atoms. The molecule has 0 aromatic heterocycles. The van der Waals surface area contributed by atoms with Crippen molar-refractivity contribution in [2.45, 2.75) is 33.1 Å². The van der Waals surface area contributed by atoms with Crippen molar-refractivity contribution in [3.63, 3.8) is 0 Å². The van der Waals surface area contributed by atoms with Crippen molar-refractivity contribution in [3.8, 4) is 0 Å². The lowest BCUT2D eigenvalue weighted by Crippen LogP contribution is -2.30. The number of nitrogens with one attached hydrogen (secondary N) is 1. The molecule has 1 atom stereocenters. The summed E-state index contributed by atoms with van der Waals surface area (Å²) >= 11 is 0. The van der Waals surface area contributed by atoms with E-state index in [2.05, 4.69) is 19.2 Å². The van der Waals surface area contributed by atoms with Gasteiger partial charge >= 0.3 is 6.03 Å². The Bertz CT molecular complexity index is 115. The number of amides is 2. The Morgan fingerprint density at radius 3 is 2.73 bits per heavy atom. The molecule has 0 heterocycles. The molecule has 0 saturated heterocycles. The van der Waals surface area contributed by atoms with E-state index in [9.17, 15) is 4.79 Å². The van der Waals surface area contributed by atoms with Gasteiger partial charge in [0.15, 0.2) is 0 Å². The lowest BCUT2D eigenvalue weighted by molar-refractivity contribution is 0.248. The van der Waals surface area contributed by atoms with Crippen molar-refractivity contribution >= 4 is 6.03 Å². The maximum Gasteiger partial charge on any atom is 0.312 e. The van der Waals surface area contributed by atoms with E-state index in [1.165, 1.54) is 6.42 Å². The molecule has 0 aliphatic heterocycles. The van der Waals surface area contributed by atoms with Crippen LogP contribution in [-0.2, 0) is 0 Å². The van der Waals surface area contributed by atoms with Gasteiger partial charge in [-0.25, -0.2) is 4.79 Å². The van der Waals surface area contributed by atoms with E-state index in [1.54, 1.807) is 0 Å². The van der Waals surface area contributed by atoms with Crippen LogP contribution in [0.4, 0.5) is 4.79 Å². The number of nitrogens with two attached hydrogens (primary N) is 1. The van der Waals surface area contributed by atoms with E-state index >= 15 is 0 Å². The van der Waals surface area contributed by atoms with Crippen molar-refractivity contribution in [1.82, 2.24) is 5.32 Å². The van der Waals surface area contributed by atoms with E-state index in [4.69, 9.17) is 5.73 Å². The normalized spacial score (nSPS) is 12.5. The maximum absolute atomic E-state index is 10.2. The summed E-state index contributed by atoms with van der Waals surface area (Å²) < 4.78 is 0. The summed E-state index contributed by atoms with van der Waals surface area (Å²) in [6.07, 6.45) is 3.39. The highest BCUT2D eigenvalue weighted by atomic mass is 16.2. The fourth-order valence-electron chi connectivity index (χ4n) is 0.866. The minimum atomic E-state index is -0.422. The van der Waals surface area contributed by atoms with Crippen LogP contribution in [0.3, 0.4) is 0 Å². The van der Waals surface area contributed by atoms with Gasteiger partial charge in [-0.05, 0) is 18.8 Å². The second-order valence-electron chi connectivity index (χ2n) is 2.95. The van der Waals surface area contributed by atoms with Gasteiger partial charge in [-0.3, -0.25) is 0 Å². The minimum Gasteiger partial charge on any atom is -0.352 e. The summed E-state index contributed by atoms with van der Waals surface area (Å²) in [6.45, 7) is 5.09. The van der Waals surface area contributed by atoms with Gasteiger partial charge < -0.3 is 11.1 Å². The average Bonchev–Trinajstić information content (AvgIpc) is 1.97. The second-order valence-corrected chi connectivity index (χ2v) is 2.95. The van der Waals surface area contributed by atoms with E-state index in [-0.39, 0.29) is 0 Å². The number of carbonyl (C=O) groups is 1. The van der Waals surface area contributed by atoms with Crippen LogP contribution in [0.25, 0.3) is 0 Å². The SMILES string of the molecule is CCC(C)CCCNC(N)=O. The number of carbonyl (C=O) groups excluding carboxylic acids is 1. The van der Waals surface area contributed by atoms with Gasteiger partial charge in [-0.2, -0.15) is 0 Å². The van der Waals surface area contributed by atoms with Crippen LogP contribution in [-0.4, -0.2) is 12.6 Å². The van der Waals surface area contributed by atoms with Crippen LogP contribution in [0.5, 0.6) is 0 Å². The van der Waals surface area contributed by atoms with Crippen molar-refractivity contribution in [2.75, 3.05) is 6.54 Å². The van der Waals surface area contributed by atoms with Gasteiger partial charge in [0.2, 0.25) is 0 Å². The Hall–Kier alpha value is -0.730. The fraction of sp³-hybridized carbons (Fsp3) is 0.875. The first-order valence-electron chi connectivity index (χ1n) is 4.20. The smallest absolute Gasteiger partial charge is 0.312 e. The van der Waals surface area contributed by atoms with Crippen molar-refractivity contribution in [3.05, 3.63) is 0 Å². The first-order valence-corrected chi connectivity index (χ1v) is 4.20. The third-order valence-corrected chi connectivity index (χ3v) is 1.87. The molecule has 1 unspecified atom stereocenters. The molecule has 3 nitrogen and oxygen atoms in total. The molecule has 0 aromatic rings. The first kappa shape index (κ1) is 10.3. The maximum atomic E-state index is 10.2. The standard InChI is InChI=1S/C8H18N2O/c1-3-7(2)5-4-6-10-8(9)11/h7H,3-6H2,1-2H3,(H3,9,10,11). The molecule has 0 radical (unpaired) electrons. The van der Waals surface area contributed by atoms with Gasteiger partial charge in [0.05, 0.1) is 0 Å². The van der Waals surface area contributed by atoms with Crippen LogP contribution in [0.1, 0.15) is 33.1 Å². The highest BCUT2D eigenvalue weighted by Gasteiger charge is 1.97. The number of rotatable bonds is 5. The molecular weight excluding hydrogens is 140 g/mol. The predicted octanol–water partition coefficient (Wildman–Crippen LogP) is 1.48. The summed E-state index contributed by atoms with van der Waals surface area (Å²) in [4.78, 5) is 10.2. The molecule has 2 amide bonds. The molecule has 0 saturated carbocycles. The molecule has 0 spiro atoms. The molecule has 3 heteroatoms. The lowest BCUT2D eigenvalue weighted by atomic mass is 10.0. The summed E-state index contributed by atoms with van der Waals surface area (Å²) in [7, 11) is 0. The second kappa shape index (κ2) is 6.01. The van der Waals surface area contributed by atoms with E-state index in [0.717, 1.165) is 18.8 Å². The van der Waals surface area contributed by atoms with Crippen LogP contribution >= 0.6 is 0 Å². The summed E-state index contributed by atoms with van der Waals surface area (Å²) in [5.74, 6) is 0.754. The Balaban J connectivity index is 3.08. The largest absolute Gasteiger partial charge is 0.352 e. The van der Waals surface area contributed by atoms with E-state index in [1.807, 2.05) is 0 Å². The van der Waals surface area contributed by atoms with Crippen LogP contribution in [0.15, 0.2) is 0 Å². The van der Waals surface area contributed by atoms with E-state index in [0.29, 0.717) is 6.54 Å². The molecular formula is C8H18N2O. The van der Waals surface area contributed by atoms with Crippen LogP contribution in [0, 0.1) is 5.92 Å². The van der Waals surface area contributed by atoms with Gasteiger partial charge in [-0.15, -0.1) is 0 Å². The minimum absolute atomic E-state index is 0.422. The summed E-state index contributed by atoms with van der Waals surface area (Å²) in [5.41, 5.74) is 4.89. The van der Waals surface area contributed by atoms with E-state index < -0.39 is 6.03 Å². The number of hydrogen-bond acceptors (Lipinski definition) is 1. The van der Waals surface area contributed by atoms with Gasteiger partial charge in [0.1, 0.15) is 0 Å². The third-order valence-electron chi connectivity index (χ3n) is 1.87. The van der Waals surface area contributed by atoms with Crippen LogP contribution < -0.4 is 11.1 Å². The predicted molar refractivity (Wildman–Crippen MR) is 46.3 cm³/mol. The number of primary amides is 1. The molecule has 0 rings (SSSR count). The van der Waals surface area contributed by atoms with Crippen molar-refractivity contribution in [1.29, 1.82) is 0 Å². The average molecular weight is 158 g/mol. The zero-order valence-corrected chi connectivity index (χ0v) is 7.39. The van der Waals surface area contributed by atoms with Gasteiger partial charge in [0.25, 0.3) is 0 Å². The topological polar surface area (TPSA) is 55.1 Å². The fourth-order valence-corrected chi connectivity index (χ4v) is 0.866. The Kier molecular flexibility index (Phi) is 5.61. The molecule has 0 fully saturated rings.